The first-order valence-corrected chi connectivity index (χ1v) is 12.4. The van der Waals surface area contributed by atoms with Gasteiger partial charge < -0.3 is 24.8 Å². The highest BCUT2D eigenvalue weighted by atomic mass is 35.5. The molecule has 1 aliphatic heterocycles. The molecule has 9 nitrogen and oxygen atoms in total. The largest absolute Gasteiger partial charge is 0.490 e. The molecule has 0 unspecified atom stereocenters. The number of hydrogen-bond acceptors (Lipinski definition) is 8. The second kappa shape index (κ2) is 11.4. The Morgan fingerprint density at radius 3 is 2.70 bits per heavy atom. The van der Waals surface area contributed by atoms with Crippen molar-refractivity contribution in [1.29, 1.82) is 0 Å². The number of aromatic nitrogens is 3. The molecule has 0 atom stereocenters. The number of benzene rings is 2. The van der Waals surface area contributed by atoms with Crippen LogP contribution in [0.1, 0.15) is 18.5 Å². The smallest absolute Gasteiger partial charge is 0.248 e. The second-order valence-electron chi connectivity index (χ2n) is 8.64. The molecule has 2 aromatic carbocycles. The van der Waals surface area contributed by atoms with Crippen molar-refractivity contribution >= 4 is 39.9 Å². The third kappa shape index (κ3) is 6.07. The van der Waals surface area contributed by atoms with Gasteiger partial charge in [0.25, 0.3) is 0 Å². The van der Waals surface area contributed by atoms with Gasteiger partial charge in [-0.15, -0.1) is 0 Å². The van der Waals surface area contributed by atoms with Crippen LogP contribution in [0.3, 0.4) is 0 Å². The van der Waals surface area contributed by atoms with E-state index in [0.717, 1.165) is 22.3 Å². The van der Waals surface area contributed by atoms with Crippen molar-refractivity contribution in [2.45, 2.75) is 25.6 Å². The number of hydrogen-bond donors (Lipinski definition) is 2. The van der Waals surface area contributed by atoms with Crippen LogP contribution in [-0.2, 0) is 11.4 Å². The van der Waals surface area contributed by atoms with Crippen LogP contribution in [0.4, 0.5) is 11.5 Å². The molecule has 1 aliphatic rings. The summed E-state index contributed by atoms with van der Waals surface area (Å²) in [4.78, 5) is 26.4. The van der Waals surface area contributed by atoms with E-state index in [0.29, 0.717) is 54.9 Å². The summed E-state index contributed by atoms with van der Waals surface area (Å²) in [6, 6.07) is 16.8. The zero-order valence-electron chi connectivity index (χ0n) is 20.0. The fraction of sp³-hybridized carbons (Fsp3) is 0.259. The SMILES string of the molecule is O=C(CO)N1CCC(Oc2ccc3ncnc(Nc4ccc(OCc5ccccn5)c(Cl)c4)c3c2)CC1. The average Bonchev–Trinajstić information content (AvgIpc) is 2.93. The Hall–Kier alpha value is -3.95. The number of aliphatic hydroxyl groups is 1. The van der Waals surface area contributed by atoms with E-state index in [1.165, 1.54) is 6.33 Å². The van der Waals surface area contributed by atoms with E-state index >= 15 is 0 Å². The van der Waals surface area contributed by atoms with Gasteiger partial charge in [0.05, 0.1) is 16.2 Å². The molecule has 4 aromatic rings. The van der Waals surface area contributed by atoms with Gasteiger partial charge in [-0.3, -0.25) is 9.78 Å². The van der Waals surface area contributed by atoms with E-state index in [1.807, 2.05) is 42.5 Å². The van der Waals surface area contributed by atoms with Crippen molar-refractivity contribution < 1.29 is 19.4 Å². The number of likely N-dealkylation sites (tertiary alicyclic amines) is 1. The van der Waals surface area contributed by atoms with E-state index in [1.54, 1.807) is 23.2 Å². The summed E-state index contributed by atoms with van der Waals surface area (Å²) < 4.78 is 12.0. The quantitative estimate of drug-likeness (QED) is 0.353. The van der Waals surface area contributed by atoms with Gasteiger partial charge in [-0.25, -0.2) is 9.97 Å². The number of aliphatic hydroxyl groups excluding tert-OH is 1. The van der Waals surface area contributed by atoms with Gasteiger partial charge in [-0.2, -0.15) is 0 Å². The first kappa shape index (κ1) is 24.7. The lowest BCUT2D eigenvalue weighted by Crippen LogP contribution is -2.42. The molecule has 0 radical (unpaired) electrons. The van der Waals surface area contributed by atoms with Crippen molar-refractivity contribution in [2.75, 3.05) is 25.0 Å². The lowest BCUT2D eigenvalue weighted by molar-refractivity contribution is -0.135. The minimum atomic E-state index is -0.460. The number of amides is 1. The highest BCUT2D eigenvalue weighted by molar-refractivity contribution is 6.32. The fourth-order valence-electron chi connectivity index (χ4n) is 4.19. The number of nitrogens with zero attached hydrogens (tertiary/aromatic N) is 4. The van der Waals surface area contributed by atoms with Crippen LogP contribution in [0, 0.1) is 0 Å². The number of fused-ring (bicyclic) bond motifs is 1. The van der Waals surface area contributed by atoms with Crippen LogP contribution >= 0.6 is 11.6 Å². The summed E-state index contributed by atoms with van der Waals surface area (Å²) in [5.41, 5.74) is 2.34. The molecule has 0 bridgehead atoms. The number of piperidine rings is 1. The van der Waals surface area contributed by atoms with E-state index in [4.69, 9.17) is 26.2 Å². The van der Waals surface area contributed by atoms with Gasteiger partial charge in [0.2, 0.25) is 5.91 Å². The Morgan fingerprint density at radius 2 is 1.95 bits per heavy atom. The fourth-order valence-corrected chi connectivity index (χ4v) is 4.43. The molecule has 2 aromatic heterocycles. The summed E-state index contributed by atoms with van der Waals surface area (Å²) in [6.07, 6.45) is 4.62. The van der Waals surface area contributed by atoms with Crippen molar-refractivity contribution in [2.24, 2.45) is 0 Å². The monoisotopic (exact) mass is 519 g/mol. The van der Waals surface area contributed by atoms with Gasteiger partial charge >= 0.3 is 0 Å². The normalized spacial score (nSPS) is 13.9. The van der Waals surface area contributed by atoms with Crippen LogP contribution in [0.25, 0.3) is 10.9 Å². The van der Waals surface area contributed by atoms with E-state index in [9.17, 15) is 4.79 Å². The number of carbonyl (C=O) groups excluding carboxylic acids is 1. The van der Waals surface area contributed by atoms with Gasteiger partial charge in [-0.1, -0.05) is 17.7 Å². The van der Waals surface area contributed by atoms with Crippen molar-refractivity contribution in [3.63, 3.8) is 0 Å². The van der Waals surface area contributed by atoms with Crippen LogP contribution in [0.15, 0.2) is 67.1 Å². The lowest BCUT2D eigenvalue weighted by Gasteiger charge is -2.31. The lowest BCUT2D eigenvalue weighted by atomic mass is 10.1. The molecule has 1 saturated heterocycles. The molecule has 190 valence electrons. The van der Waals surface area contributed by atoms with Gasteiger partial charge in [-0.05, 0) is 48.5 Å². The summed E-state index contributed by atoms with van der Waals surface area (Å²) in [5.74, 6) is 1.64. The molecule has 1 amide bonds. The number of rotatable bonds is 8. The zero-order valence-corrected chi connectivity index (χ0v) is 20.8. The van der Waals surface area contributed by atoms with Gasteiger partial charge in [0, 0.05) is 43.2 Å². The first-order valence-electron chi connectivity index (χ1n) is 12.0. The minimum Gasteiger partial charge on any atom is -0.490 e. The standard InChI is InChI=1S/C27H26ClN5O4/c28-23-13-18(4-7-25(23)36-16-19-3-1-2-10-29-19)32-27-22-14-21(5-6-24(22)30-17-31-27)37-20-8-11-33(12-9-20)26(35)15-34/h1-7,10,13-14,17,20,34H,8-9,11-12,15-16H2,(H,30,31,32). The molecule has 5 rings (SSSR count). The number of nitrogens with one attached hydrogen (secondary N) is 1. The van der Waals surface area contributed by atoms with Crippen LogP contribution in [0.5, 0.6) is 11.5 Å². The first-order chi connectivity index (χ1) is 18.1. The third-order valence-corrected chi connectivity index (χ3v) is 6.43. The van der Waals surface area contributed by atoms with Crippen LogP contribution < -0.4 is 14.8 Å². The van der Waals surface area contributed by atoms with E-state index < -0.39 is 6.61 Å². The highest BCUT2D eigenvalue weighted by Gasteiger charge is 2.23. The Bertz CT molecular complexity index is 1380. The Balaban J connectivity index is 1.27. The molecule has 0 aliphatic carbocycles. The molecule has 0 saturated carbocycles. The summed E-state index contributed by atoms with van der Waals surface area (Å²) in [5, 5.41) is 13.6. The average molecular weight is 520 g/mol. The third-order valence-electron chi connectivity index (χ3n) is 6.14. The predicted octanol–water partition coefficient (Wildman–Crippen LogP) is 4.36. The van der Waals surface area contributed by atoms with Crippen LogP contribution in [-0.4, -0.2) is 56.7 Å². The number of anilines is 2. The molecular formula is C27H26ClN5O4. The van der Waals surface area contributed by atoms with Crippen molar-refractivity contribution in [1.82, 2.24) is 19.9 Å². The van der Waals surface area contributed by atoms with E-state index in [2.05, 4.69) is 20.3 Å². The molecule has 0 spiro atoms. The van der Waals surface area contributed by atoms with Crippen molar-refractivity contribution in [3.8, 4) is 11.5 Å². The minimum absolute atomic E-state index is 0.0151. The summed E-state index contributed by atoms with van der Waals surface area (Å²) >= 11 is 6.48. The Labute approximate surface area is 219 Å². The van der Waals surface area contributed by atoms with Gasteiger partial charge in [0.1, 0.15) is 43.0 Å². The Kier molecular flexibility index (Phi) is 7.62. The van der Waals surface area contributed by atoms with Crippen molar-refractivity contribution in [3.05, 3.63) is 77.8 Å². The summed E-state index contributed by atoms with van der Waals surface area (Å²) in [6.45, 7) is 0.993. The Morgan fingerprint density at radius 1 is 1.08 bits per heavy atom. The maximum atomic E-state index is 11.7. The van der Waals surface area contributed by atoms with E-state index in [-0.39, 0.29) is 12.0 Å². The molecule has 2 N–H and O–H groups in total. The summed E-state index contributed by atoms with van der Waals surface area (Å²) in [7, 11) is 0. The number of pyridine rings is 1. The maximum absolute atomic E-state index is 11.7. The molecule has 3 heterocycles. The molecule has 37 heavy (non-hydrogen) atoms. The predicted molar refractivity (Wildman–Crippen MR) is 140 cm³/mol. The van der Waals surface area contributed by atoms with Crippen LogP contribution in [0.2, 0.25) is 5.02 Å². The zero-order chi connectivity index (χ0) is 25.6. The molecule has 10 heteroatoms. The number of carbonyl (C=O) groups is 1. The number of ether oxygens (including phenoxy) is 2. The molecular weight excluding hydrogens is 494 g/mol. The number of halogens is 1. The second-order valence-corrected chi connectivity index (χ2v) is 9.04. The highest BCUT2D eigenvalue weighted by Crippen LogP contribution is 2.32. The topological polar surface area (TPSA) is 110 Å². The van der Waals surface area contributed by atoms with Gasteiger partial charge in [0.15, 0.2) is 0 Å². The molecule has 1 fully saturated rings. The maximum Gasteiger partial charge on any atom is 0.248 e.